The van der Waals surface area contributed by atoms with Crippen molar-refractivity contribution in [3.05, 3.63) is 29.8 Å². The number of anilines is 1. The number of thioether (sulfide) groups is 1. The van der Waals surface area contributed by atoms with E-state index in [1.807, 2.05) is 11.8 Å². The van der Waals surface area contributed by atoms with Gasteiger partial charge in [-0.3, -0.25) is 4.79 Å². The minimum atomic E-state index is -0.679. The highest BCUT2D eigenvalue weighted by molar-refractivity contribution is 7.99. The molecule has 1 aliphatic heterocycles. The van der Waals surface area contributed by atoms with Gasteiger partial charge in [0.1, 0.15) is 0 Å². The SMILES string of the molecule is Nc1ccc(C(O)CNC(=O)CC2CCSCC2)cc1. The van der Waals surface area contributed by atoms with E-state index in [0.717, 1.165) is 29.9 Å². The summed E-state index contributed by atoms with van der Waals surface area (Å²) in [6.45, 7) is 0.254. The zero-order valence-electron chi connectivity index (χ0n) is 11.5. The fourth-order valence-corrected chi connectivity index (χ4v) is 3.54. The topological polar surface area (TPSA) is 75.3 Å². The summed E-state index contributed by atoms with van der Waals surface area (Å²) in [6, 6.07) is 7.06. The maximum atomic E-state index is 11.9. The average molecular weight is 294 g/mol. The molecule has 0 radical (unpaired) electrons. The molecular weight excluding hydrogens is 272 g/mol. The first kappa shape index (κ1) is 15.2. The third-order valence-electron chi connectivity index (χ3n) is 3.63. The lowest BCUT2D eigenvalue weighted by atomic mass is 9.98. The number of carbonyl (C=O) groups is 1. The van der Waals surface area contributed by atoms with Gasteiger partial charge in [-0.05, 0) is 48.0 Å². The van der Waals surface area contributed by atoms with Crippen LogP contribution in [-0.2, 0) is 4.79 Å². The highest BCUT2D eigenvalue weighted by Crippen LogP contribution is 2.25. The molecule has 20 heavy (non-hydrogen) atoms. The number of benzene rings is 1. The molecule has 4 nitrogen and oxygen atoms in total. The molecule has 0 bridgehead atoms. The van der Waals surface area contributed by atoms with Crippen molar-refractivity contribution >= 4 is 23.4 Å². The summed E-state index contributed by atoms with van der Waals surface area (Å²) in [4.78, 5) is 11.9. The molecule has 5 heteroatoms. The zero-order chi connectivity index (χ0) is 14.4. The number of rotatable bonds is 5. The lowest BCUT2D eigenvalue weighted by molar-refractivity contribution is -0.122. The number of nitrogens with one attached hydrogen (secondary N) is 1. The molecule has 1 fully saturated rings. The van der Waals surface area contributed by atoms with Crippen LogP contribution in [0.4, 0.5) is 5.69 Å². The number of hydrogen-bond donors (Lipinski definition) is 3. The Balaban J connectivity index is 1.73. The second-order valence-corrected chi connectivity index (χ2v) is 6.47. The van der Waals surface area contributed by atoms with Crippen LogP contribution in [0, 0.1) is 5.92 Å². The molecular formula is C15H22N2O2S. The fourth-order valence-electron chi connectivity index (χ4n) is 2.33. The monoisotopic (exact) mass is 294 g/mol. The first-order chi connectivity index (χ1) is 9.65. The van der Waals surface area contributed by atoms with Crippen molar-refractivity contribution in [2.24, 2.45) is 5.92 Å². The van der Waals surface area contributed by atoms with Gasteiger partial charge in [-0.15, -0.1) is 0 Å². The van der Waals surface area contributed by atoms with Crippen LogP contribution in [0.2, 0.25) is 0 Å². The normalized spacial score (nSPS) is 17.6. The Bertz CT molecular complexity index is 430. The second kappa shape index (κ2) is 7.55. The molecule has 1 unspecified atom stereocenters. The number of carbonyl (C=O) groups excluding carboxylic acids is 1. The number of hydrogen-bond acceptors (Lipinski definition) is 4. The Morgan fingerprint density at radius 1 is 1.35 bits per heavy atom. The minimum Gasteiger partial charge on any atom is -0.399 e. The molecule has 1 atom stereocenters. The zero-order valence-corrected chi connectivity index (χ0v) is 12.4. The van der Waals surface area contributed by atoms with Crippen molar-refractivity contribution in [2.45, 2.75) is 25.4 Å². The van der Waals surface area contributed by atoms with Crippen LogP contribution >= 0.6 is 11.8 Å². The largest absolute Gasteiger partial charge is 0.399 e. The van der Waals surface area contributed by atoms with Gasteiger partial charge in [0.15, 0.2) is 0 Å². The molecule has 1 amide bonds. The number of amides is 1. The first-order valence-electron chi connectivity index (χ1n) is 7.03. The highest BCUT2D eigenvalue weighted by atomic mass is 32.2. The van der Waals surface area contributed by atoms with Crippen molar-refractivity contribution in [3.63, 3.8) is 0 Å². The van der Waals surface area contributed by atoms with Gasteiger partial charge >= 0.3 is 0 Å². The highest BCUT2D eigenvalue weighted by Gasteiger charge is 2.17. The lowest BCUT2D eigenvalue weighted by Gasteiger charge is -2.21. The Hall–Kier alpha value is -1.20. The molecule has 4 N–H and O–H groups in total. The molecule has 1 aromatic rings. The predicted molar refractivity (Wildman–Crippen MR) is 83.5 cm³/mol. The van der Waals surface area contributed by atoms with Crippen LogP contribution < -0.4 is 11.1 Å². The first-order valence-corrected chi connectivity index (χ1v) is 8.18. The van der Waals surface area contributed by atoms with Gasteiger partial charge in [-0.1, -0.05) is 12.1 Å². The number of aliphatic hydroxyl groups is 1. The van der Waals surface area contributed by atoms with E-state index in [1.165, 1.54) is 0 Å². The minimum absolute atomic E-state index is 0.0383. The van der Waals surface area contributed by atoms with Gasteiger partial charge in [0.25, 0.3) is 0 Å². The molecule has 0 saturated carbocycles. The van der Waals surface area contributed by atoms with Gasteiger partial charge < -0.3 is 16.2 Å². The molecule has 1 aromatic carbocycles. The van der Waals surface area contributed by atoms with E-state index in [2.05, 4.69) is 5.32 Å². The predicted octanol–water partition coefficient (Wildman–Crippen LogP) is 1.95. The van der Waals surface area contributed by atoms with Crippen LogP contribution in [0.25, 0.3) is 0 Å². The van der Waals surface area contributed by atoms with E-state index in [1.54, 1.807) is 24.3 Å². The molecule has 2 rings (SSSR count). The van der Waals surface area contributed by atoms with Crippen molar-refractivity contribution in [1.82, 2.24) is 5.32 Å². The van der Waals surface area contributed by atoms with E-state index in [-0.39, 0.29) is 12.5 Å². The third kappa shape index (κ3) is 4.72. The van der Waals surface area contributed by atoms with E-state index in [9.17, 15) is 9.90 Å². The Kier molecular flexibility index (Phi) is 5.73. The standard InChI is InChI=1S/C15H22N2O2S/c16-13-3-1-12(2-4-13)14(18)10-17-15(19)9-11-5-7-20-8-6-11/h1-4,11,14,18H,5-10,16H2,(H,17,19). The molecule has 1 saturated heterocycles. The van der Waals surface area contributed by atoms with Crippen LogP contribution in [-0.4, -0.2) is 29.1 Å². The summed E-state index contributed by atoms with van der Waals surface area (Å²) in [5.41, 5.74) is 7.04. The number of nitrogen functional groups attached to an aromatic ring is 1. The molecule has 110 valence electrons. The third-order valence-corrected chi connectivity index (χ3v) is 4.68. The van der Waals surface area contributed by atoms with Gasteiger partial charge in [0, 0.05) is 18.7 Å². The Labute approximate surface area is 124 Å². The van der Waals surface area contributed by atoms with E-state index in [4.69, 9.17) is 5.73 Å². The van der Waals surface area contributed by atoms with Crippen molar-refractivity contribution in [3.8, 4) is 0 Å². The number of aliphatic hydroxyl groups excluding tert-OH is 1. The molecule has 0 aliphatic carbocycles. The maximum absolute atomic E-state index is 11.9. The molecule has 1 heterocycles. The molecule has 0 aromatic heterocycles. The molecule has 1 aliphatic rings. The quantitative estimate of drug-likeness (QED) is 0.726. The summed E-state index contributed by atoms with van der Waals surface area (Å²) in [7, 11) is 0. The van der Waals surface area contributed by atoms with E-state index in [0.29, 0.717) is 18.0 Å². The smallest absolute Gasteiger partial charge is 0.220 e. The van der Waals surface area contributed by atoms with Gasteiger partial charge in [-0.2, -0.15) is 11.8 Å². The summed E-state index contributed by atoms with van der Waals surface area (Å²) in [5.74, 6) is 2.86. The summed E-state index contributed by atoms with van der Waals surface area (Å²) < 4.78 is 0. The van der Waals surface area contributed by atoms with E-state index >= 15 is 0 Å². The fraction of sp³-hybridized carbons (Fsp3) is 0.533. The Morgan fingerprint density at radius 2 is 2.00 bits per heavy atom. The molecule has 0 spiro atoms. The maximum Gasteiger partial charge on any atom is 0.220 e. The van der Waals surface area contributed by atoms with Crippen LogP contribution in [0.15, 0.2) is 24.3 Å². The lowest BCUT2D eigenvalue weighted by Crippen LogP contribution is -2.30. The second-order valence-electron chi connectivity index (χ2n) is 5.25. The summed E-state index contributed by atoms with van der Waals surface area (Å²) in [5, 5.41) is 12.8. The van der Waals surface area contributed by atoms with Gasteiger partial charge in [-0.25, -0.2) is 0 Å². The average Bonchev–Trinajstić information content (AvgIpc) is 2.46. The van der Waals surface area contributed by atoms with Crippen molar-refractivity contribution < 1.29 is 9.90 Å². The van der Waals surface area contributed by atoms with Crippen LogP contribution in [0.5, 0.6) is 0 Å². The number of nitrogens with two attached hydrogens (primary N) is 1. The van der Waals surface area contributed by atoms with Crippen LogP contribution in [0.3, 0.4) is 0 Å². The summed E-state index contributed by atoms with van der Waals surface area (Å²) >= 11 is 1.96. The Morgan fingerprint density at radius 3 is 2.65 bits per heavy atom. The van der Waals surface area contributed by atoms with Gasteiger partial charge in [0.2, 0.25) is 5.91 Å². The van der Waals surface area contributed by atoms with Crippen molar-refractivity contribution in [1.29, 1.82) is 0 Å². The van der Waals surface area contributed by atoms with Crippen LogP contribution in [0.1, 0.15) is 30.9 Å². The summed E-state index contributed by atoms with van der Waals surface area (Å²) in [6.07, 6.45) is 2.15. The van der Waals surface area contributed by atoms with Gasteiger partial charge in [0.05, 0.1) is 6.10 Å². The van der Waals surface area contributed by atoms with E-state index < -0.39 is 6.10 Å². The van der Waals surface area contributed by atoms with Crippen molar-refractivity contribution in [2.75, 3.05) is 23.8 Å².